The molecule has 1 saturated carbocycles. The summed E-state index contributed by atoms with van der Waals surface area (Å²) in [5.74, 6) is 1.08. The van der Waals surface area contributed by atoms with E-state index in [0.717, 1.165) is 6.54 Å². The molecule has 2 amide bonds. The Hall–Kier alpha value is -2.18. The van der Waals surface area contributed by atoms with Crippen molar-refractivity contribution < 1.29 is 9.59 Å². The summed E-state index contributed by atoms with van der Waals surface area (Å²) < 4.78 is 0. The van der Waals surface area contributed by atoms with E-state index in [1.165, 1.54) is 12.8 Å². The van der Waals surface area contributed by atoms with Gasteiger partial charge < -0.3 is 15.5 Å². The summed E-state index contributed by atoms with van der Waals surface area (Å²) in [5.41, 5.74) is 0. The van der Waals surface area contributed by atoms with Crippen LogP contribution in [0, 0.1) is 11.8 Å². The molecule has 1 unspecified atom stereocenters. The number of likely N-dealkylation sites (tertiary alicyclic amines) is 1. The van der Waals surface area contributed by atoms with Gasteiger partial charge in [0.15, 0.2) is 0 Å². The lowest BCUT2D eigenvalue weighted by Crippen LogP contribution is -2.36. The van der Waals surface area contributed by atoms with Crippen molar-refractivity contribution in [3.8, 4) is 0 Å². The lowest BCUT2D eigenvalue weighted by Gasteiger charge is -2.16. The molecule has 0 radical (unpaired) electrons. The zero-order valence-corrected chi connectivity index (χ0v) is 12.5. The van der Waals surface area contributed by atoms with E-state index in [1.807, 2.05) is 4.90 Å². The van der Waals surface area contributed by atoms with Gasteiger partial charge in [0.05, 0.1) is 5.92 Å². The van der Waals surface area contributed by atoms with E-state index in [2.05, 4.69) is 20.6 Å². The molecule has 2 fully saturated rings. The maximum atomic E-state index is 12.1. The van der Waals surface area contributed by atoms with Gasteiger partial charge in [-0.2, -0.15) is 0 Å². The summed E-state index contributed by atoms with van der Waals surface area (Å²) >= 11 is 0. The summed E-state index contributed by atoms with van der Waals surface area (Å²) in [6.45, 7) is 2.44. The molecular formula is C15H21N5O2. The first-order chi connectivity index (χ1) is 10.7. The third-order valence-electron chi connectivity index (χ3n) is 4.03. The minimum atomic E-state index is -0.209. The number of rotatable bonds is 7. The fourth-order valence-electron chi connectivity index (χ4n) is 2.63. The number of nitrogens with one attached hydrogen (secondary N) is 2. The van der Waals surface area contributed by atoms with Gasteiger partial charge >= 0.3 is 0 Å². The van der Waals surface area contributed by atoms with Crippen LogP contribution in [0.2, 0.25) is 0 Å². The largest absolute Gasteiger partial charge is 0.354 e. The Kier molecular flexibility index (Phi) is 4.50. The predicted octanol–water partition coefficient (Wildman–Crippen LogP) is 0.263. The van der Waals surface area contributed by atoms with Gasteiger partial charge in [-0.3, -0.25) is 9.59 Å². The average Bonchev–Trinajstić information content (AvgIpc) is 3.27. The highest BCUT2D eigenvalue weighted by Crippen LogP contribution is 2.31. The van der Waals surface area contributed by atoms with Crippen molar-refractivity contribution in [2.24, 2.45) is 11.8 Å². The predicted molar refractivity (Wildman–Crippen MR) is 80.9 cm³/mol. The molecule has 0 spiro atoms. The molecule has 1 aromatic rings. The average molecular weight is 303 g/mol. The van der Waals surface area contributed by atoms with Crippen LogP contribution in [0.3, 0.4) is 0 Å². The first-order valence-electron chi connectivity index (χ1n) is 7.79. The van der Waals surface area contributed by atoms with Crippen molar-refractivity contribution in [2.45, 2.75) is 19.3 Å². The maximum absolute atomic E-state index is 12.1. The Morgan fingerprint density at radius 2 is 2.05 bits per heavy atom. The smallest absolute Gasteiger partial charge is 0.225 e. The van der Waals surface area contributed by atoms with Gasteiger partial charge in [-0.15, -0.1) is 0 Å². The topological polar surface area (TPSA) is 87.2 Å². The number of hydrogen-bond acceptors (Lipinski definition) is 5. The van der Waals surface area contributed by atoms with Crippen LogP contribution in [-0.2, 0) is 9.59 Å². The molecule has 1 atom stereocenters. The zero-order chi connectivity index (χ0) is 15.4. The molecule has 1 aliphatic heterocycles. The highest BCUT2D eigenvalue weighted by Gasteiger charge is 2.36. The van der Waals surface area contributed by atoms with Gasteiger partial charge in [-0.1, -0.05) is 0 Å². The second-order valence-corrected chi connectivity index (χ2v) is 5.93. The third-order valence-corrected chi connectivity index (χ3v) is 4.03. The molecule has 22 heavy (non-hydrogen) atoms. The van der Waals surface area contributed by atoms with Crippen LogP contribution in [0.5, 0.6) is 0 Å². The van der Waals surface area contributed by atoms with Crippen molar-refractivity contribution in [3.05, 3.63) is 18.5 Å². The number of carbonyl (C=O) groups excluding carboxylic acids is 2. The van der Waals surface area contributed by atoms with Gasteiger partial charge in [-0.25, -0.2) is 9.97 Å². The van der Waals surface area contributed by atoms with E-state index < -0.39 is 0 Å². The maximum Gasteiger partial charge on any atom is 0.225 e. The number of aromatic nitrogens is 2. The molecule has 118 valence electrons. The van der Waals surface area contributed by atoms with Crippen LogP contribution < -0.4 is 10.6 Å². The Morgan fingerprint density at radius 1 is 1.27 bits per heavy atom. The van der Waals surface area contributed by atoms with E-state index in [1.54, 1.807) is 18.5 Å². The molecule has 7 heteroatoms. The van der Waals surface area contributed by atoms with Crippen molar-refractivity contribution in [3.63, 3.8) is 0 Å². The Balaban J connectivity index is 1.36. The summed E-state index contributed by atoms with van der Waals surface area (Å²) in [5, 5.41) is 5.90. The Labute approximate surface area is 129 Å². The first-order valence-corrected chi connectivity index (χ1v) is 7.79. The normalized spacial score (nSPS) is 21.0. The van der Waals surface area contributed by atoms with Gasteiger partial charge in [0.25, 0.3) is 0 Å². The van der Waals surface area contributed by atoms with Gasteiger partial charge in [0, 0.05) is 45.0 Å². The molecule has 2 N–H and O–H groups in total. The van der Waals surface area contributed by atoms with Gasteiger partial charge in [0.1, 0.15) is 0 Å². The van der Waals surface area contributed by atoms with Gasteiger partial charge in [0.2, 0.25) is 17.8 Å². The monoisotopic (exact) mass is 303 g/mol. The number of carbonyl (C=O) groups is 2. The molecule has 0 aromatic carbocycles. The van der Waals surface area contributed by atoms with E-state index in [4.69, 9.17) is 0 Å². The van der Waals surface area contributed by atoms with Crippen LogP contribution in [0.15, 0.2) is 18.5 Å². The molecule has 2 heterocycles. The van der Waals surface area contributed by atoms with Gasteiger partial charge in [-0.05, 0) is 24.8 Å². The number of amides is 2. The zero-order valence-electron chi connectivity index (χ0n) is 12.5. The van der Waals surface area contributed by atoms with E-state index in [9.17, 15) is 9.59 Å². The van der Waals surface area contributed by atoms with Crippen LogP contribution >= 0.6 is 0 Å². The lowest BCUT2D eigenvalue weighted by atomic mass is 10.1. The standard InChI is InChI=1S/C15H21N5O2/c21-13-8-12(10-20(13)9-11-2-3-11)14(22)16-6-7-19-15-17-4-1-5-18-15/h1,4-5,11-12H,2-3,6-10H2,(H,16,22)(H,17,18,19). The molecule has 0 bridgehead atoms. The molecule has 3 rings (SSSR count). The first kappa shape index (κ1) is 14.7. The summed E-state index contributed by atoms with van der Waals surface area (Å²) in [4.78, 5) is 33.9. The SMILES string of the molecule is O=C(NCCNc1ncccn1)C1CC(=O)N(CC2CC2)C1. The van der Waals surface area contributed by atoms with Crippen LogP contribution in [-0.4, -0.2) is 52.9 Å². The van der Waals surface area contributed by atoms with Crippen molar-refractivity contribution in [1.29, 1.82) is 0 Å². The highest BCUT2D eigenvalue weighted by atomic mass is 16.2. The van der Waals surface area contributed by atoms with Crippen LogP contribution in [0.25, 0.3) is 0 Å². The fraction of sp³-hybridized carbons (Fsp3) is 0.600. The molecule has 1 aliphatic carbocycles. The van der Waals surface area contributed by atoms with E-state index in [-0.39, 0.29) is 17.7 Å². The van der Waals surface area contributed by atoms with Crippen LogP contribution in [0.4, 0.5) is 5.95 Å². The number of anilines is 1. The summed E-state index contributed by atoms with van der Waals surface area (Å²) in [6, 6.07) is 1.75. The van der Waals surface area contributed by atoms with Crippen molar-refractivity contribution in [1.82, 2.24) is 20.2 Å². The molecule has 7 nitrogen and oxygen atoms in total. The number of hydrogen-bond donors (Lipinski definition) is 2. The summed E-state index contributed by atoms with van der Waals surface area (Å²) in [7, 11) is 0. The quantitative estimate of drug-likeness (QED) is 0.706. The van der Waals surface area contributed by atoms with Crippen molar-refractivity contribution in [2.75, 3.05) is 31.5 Å². The Morgan fingerprint density at radius 3 is 2.77 bits per heavy atom. The minimum Gasteiger partial charge on any atom is -0.354 e. The molecule has 1 saturated heterocycles. The minimum absolute atomic E-state index is 0.0394. The Bertz CT molecular complexity index is 532. The third kappa shape index (κ3) is 3.93. The van der Waals surface area contributed by atoms with E-state index >= 15 is 0 Å². The van der Waals surface area contributed by atoms with Crippen LogP contribution in [0.1, 0.15) is 19.3 Å². The molecule has 2 aliphatic rings. The highest BCUT2D eigenvalue weighted by molar-refractivity contribution is 5.89. The molecular weight excluding hydrogens is 282 g/mol. The fourth-order valence-corrected chi connectivity index (χ4v) is 2.63. The lowest BCUT2D eigenvalue weighted by molar-refractivity contribution is -0.129. The summed E-state index contributed by atoms with van der Waals surface area (Å²) in [6.07, 6.45) is 6.09. The molecule has 1 aromatic heterocycles. The second kappa shape index (κ2) is 6.72. The number of nitrogens with zero attached hydrogens (tertiary/aromatic N) is 3. The van der Waals surface area contributed by atoms with E-state index in [0.29, 0.717) is 37.9 Å². The second-order valence-electron chi connectivity index (χ2n) is 5.93. The van der Waals surface area contributed by atoms with Crippen molar-refractivity contribution >= 4 is 17.8 Å².